The number of nitrogens with one attached hydrogen (secondary N) is 1. The Hall–Kier alpha value is -3.09. The molecule has 0 aliphatic heterocycles. The second kappa shape index (κ2) is 10.9. The Labute approximate surface area is 171 Å². The largest absolute Gasteiger partial charge is 0.487 e. The van der Waals surface area contributed by atoms with Crippen LogP contribution in [0.25, 0.3) is 0 Å². The number of nitrogens with zero attached hydrogens (tertiary/aromatic N) is 1. The van der Waals surface area contributed by atoms with E-state index in [1.807, 2.05) is 6.07 Å². The Bertz CT molecular complexity index is 916. The van der Waals surface area contributed by atoms with Gasteiger partial charge in [0.25, 0.3) is 0 Å². The number of para-hydroxylation sites is 2. The van der Waals surface area contributed by atoms with E-state index in [-0.39, 0.29) is 12.2 Å². The van der Waals surface area contributed by atoms with Crippen molar-refractivity contribution in [2.24, 2.45) is 0 Å². The van der Waals surface area contributed by atoms with E-state index < -0.39 is 5.97 Å². The average molecular weight is 419 g/mol. The van der Waals surface area contributed by atoms with Crippen LogP contribution in [-0.4, -0.2) is 22.5 Å². The predicted octanol–water partition coefficient (Wildman–Crippen LogP) is 4.92. The molecule has 0 saturated heterocycles. The number of carbonyl (C=O) groups excluding carboxylic acids is 1. The van der Waals surface area contributed by atoms with Crippen LogP contribution in [0.2, 0.25) is 10.0 Å². The van der Waals surface area contributed by atoms with Crippen LogP contribution in [0.15, 0.2) is 67.0 Å². The molecule has 0 fully saturated rings. The summed E-state index contributed by atoms with van der Waals surface area (Å²) in [7, 11) is 0. The molecule has 0 aliphatic rings. The first-order valence-electron chi connectivity index (χ1n) is 8.01. The number of rotatable bonds is 6. The molecule has 28 heavy (non-hydrogen) atoms. The fraction of sp³-hybridized carbons (Fsp3) is 0.0500. The number of hydrogen-bond acceptors (Lipinski definition) is 4. The zero-order chi connectivity index (χ0) is 20.4. The number of carbonyl (C=O) groups is 2. The standard InChI is InChI=1S/C14H11Cl2NO2.C6H5NO2/c15-11-4-3-5-12(16)10(11)8-19-14-7-2-1-6-13(14)17-9-18;8-6(9)5-2-1-3-7-4-5/h1-7,9H,8H2,(H,17,18);1-4H,(H,8,9). The van der Waals surface area contributed by atoms with Crippen LogP contribution < -0.4 is 10.1 Å². The molecule has 0 bridgehead atoms. The predicted molar refractivity (Wildman–Crippen MR) is 108 cm³/mol. The summed E-state index contributed by atoms with van der Waals surface area (Å²) in [6.07, 6.45) is 3.44. The molecular formula is C20H16Cl2N2O4. The van der Waals surface area contributed by atoms with Crippen LogP contribution >= 0.6 is 23.2 Å². The molecule has 3 aromatic rings. The maximum Gasteiger partial charge on any atom is 0.337 e. The molecule has 0 radical (unpaired) electrons. The van der Waals surface area contributed by atoms with Gasteiger partial charge in [0.2, 0.25) is 6.41 Å². The van der Waals surface area contributed by atoms with Crippen LogP contribution in [0.1, 0.15) is 15.9 Å². The molecule has 0 atom stereocenters. The first-order valence-corrected chi connectivity index (χ1v) is 8.76. The summed E-state index contributed by atoms with van der Waals surface area (Å²) in [5, 5.41) is 12.0. The van der Waals surface area contributed by atoms with Crippen LogP contribution in [0.4, 0.5) is 5.69 Å². The molecule has 2 aromatic carbocycles. The number of carboxylic acid groups (broad SMARTS) is 1. The van der Waals surface area contributed by atoms with Gasteiger partial charge in [-0.2, -0.15) is 0 Å². The van der Waals surface area contributed by atoms with Crippen molar-refractivity contribution in [3.05, 3.63) is 88.2 Å². The fourth-order valence-corrected chi connectivity index (χ4v) is 2.59. The van der Waals surface area contributed by atoms with Crippen LogP contribution in [-0.2, 0) is 11.4 Å². The molecule has 1 amide bonds. The summed E-state index contributed by atoms with van der Waals surface area (Å²) in [5.41, 5.74) is 1.53. The molecule has 8 heteroatoms. The average Bonchev–Trinajstić information content (AvgIpc) is 2.70. The summed E-state index contributed by atoms with van der Waals surface area (Å²) in [5.74, 6) is -0.381. The number of hydrogen-bond donors (Lipinski definition) is 2. The molecule has 0 unspecified atom stereocenters. The van der Waals surface area contributed by atoms with E-state index in [1.54, 1.807) is 42.5 Å². The maximum absolute atomic E-state index is 10.5. The summed E-state index contributed by atoms with van der Waals surface area (Å²) in [6.45, 7) is 0.232. The molecule has 0 saturated carbocycles. The van der Waals surface area contributed by atoms with Crippen molar-refractivity contribution >= 4 is 41.3 Å². The third kappa shape index (κ3) is 6.26. The summed E-state index contributed by atoms with van der Waals surface area (Å²) in [4.78, 5) is 24.3. The molecule has 0 aliphatic carbocycles. The highest BCUT2D eigenvalue weighted by atomic mass is 35.5. The molecule has 6 nitrogen and oxygen atoms in total. The molecular weight excluding hydrogens is 403 g/mol. The van der Waals surface area contributed by atoms with Gasteiger partial charge in [-0.3, -0.25) is 9.78 Å². The number of anilines is 1. The van der Waals surface area contributed by atoms with Crippen molar-refractivity contribution in [2.75, 3.05) is 5.32 Å². The van der Waals surface area contributed by atoms with E-state index in [9.17, 15) is 9.59 Å². The number of pyridine rings is 1. The van der Waals surface area contributed by atoms with Crippen LogP contribution in [0, 0.1) is 0 Å². The lowest BCUT2D eigenvalue weighted by atomic mass is 10.2. The van der Waals surface area contributed by atoms with Crippen LogP contribution in [0.3, 0.4) is 0 Å². The molecule has 144 valence electrons. The van der Waals surface area contributed by atoms with Gasteiger partial charge in [0.1, 0.15) is 12.4 Å². The number of halogens is 2. The summed E-state index contributed by atoms with van der Waals surface area (Å²) in [6, 6.07) is 15.5. The first kappa shape index (κ1) is 21.2. The van der Waals surface area contributed by atoms with E-state index in [0.29, 0.717) is 33.5 Å². The van der Waals surface area contributed by atoms with Crippen molar-refractivity contribution in [1.29, 1.82) is 0 Å². The lowest BCUT2D eigenvalue weighted by Crippen LogP contribution is -2.01. The van der Waals surface area contributed by atoms with Gasteiger partial charge in [0.05, 0.1) is 11.3 Å². The monoisotopic (exact) mass is 418 g/mol. The molecule has 3 rings (SSSR count). The van der Waals surface area contributed by atoms with Gasteiger partial charge >= 0.3 is 5.97 Å². The Kier molecular flexibility index (Phi) is 8.27. The Morgan fingerprint density at radius 2 is 1.79 bits per heavy atom. The zero-order valence-electron chi connectivity index (χ0n) is 14.5. The van der Waals surface area contributed by atoms with Crippen molar-refractivity contribution in [2.45, 2.75) is 6.61 Å². The van der Waals surface area contributed by atoms with Gasteiger partial charge in [0.15, 0.2) is 0 Å². The lowest BCUT2D eigenvalue weighted by Gasteiger charge is -2.12. The van der Waals surface area contributed by atoms with Gasteiger partial charge < -0.3 is 15.2 Å². The topological polar surface area (TPSA) is 88.5 Å². The highest BCUT2D eigenvalue weighted by Crippen LogP contribution is 2.28. The third-order valence-electron chi connectivity index (χ3n) is 3.44. The Balaban J connectivity index is 0.000000261. The van der Waals surface area contributed by atoms with Crippen LogP contribution in [0.5, 0.6) is 5.75 Å². The van der Waals surface area contributed by atoms with Crippen molar-refractivity contribution in [3.8, 4) is 5.75 Å². The minimum atomic E-state index is -0.942. The summed E-state index contributed by atoms with van der Waals surface area (Å²) < 4.78 is 5.65. The van der Waals surface area contributed by atoms with E-state index in [4.69, 9.17) is 33.0 Å². The minimum Gasteiger partial charge on any atom is -0.487 e. The number of carboxylic acids is 1. The van der Waals surface area contributed by atoms with Gasteiger partial charge in [-0.25, -0.2) is 4.79 Å². The number of benzene rings is 2. The summed E-state index contributed by atoms with van der Waals surface area (Å²) >= 11 is 12.1. The van der Waals surface area contributed by atoms with E-state index in [0.717, 1.165) is 0 Å². The SMILES string of the molecule is O=C(O)c1cccnc1.O=CNc1ccccc1OCc1c(Cl)cccc1Cl. The Morgan fingerprint density at radius 3 is 2.36 bits per heavy atom. The zero-order valence-corrected chi connectivity index (χ0v) is 16.0. The second-order valence-corrected chi connectivity index (χ2v) is 6.11. The highest BCUT2D eigenvalue weighted by molar-refractivity contribution is 6.35. The molecule has 1 aromatic heterocycles. The Morgan fingerprint density at radius 1 is 1.07 bits per heavy atom. The van der Waals surface area contributed by atoms with E-state index in [1.165, 1.54) is 18.5 Å². The normalized spacial score (nSPS) is 9.64. The van der Waals surface area contributed by atoms with Gasteiger partial charge in [0, 0.05) is 28.0 Å². The number of aromatic nitrogens is 1. The number of amides is 1. The fourth-order valence-electron chi connectivity index (χ4n) is 2.08. The van der Waals surface area contributed by atoms with Gasteiger partial charge in [-0.05, 0) is 36.4 Å². The third-order valence-corrected chi connectivity index (χ3v) is 4.15. The second-order valence-electron chi connectivity index (χ2n) is 5.29. The first-order chi connectivity index (χ1) is 13.5. The van der Waals surface area contributed by atoms with E-state index in [2.05, 4.69) is 10.3 Å². The molecule has 2 N–H and O–H groups in total. The molecule has 0 spiro atoms. The van der Waals surface area contributed by atoms with Crippen molar-refractivity contribution < 1.29 is 19.4 Å². The lowest BCUT2D eigenvalue weighted by molar-refractivity contribution is -0.105. The number of ether oxygens (including phenoxy) is 1. The maximum atomic E-state index is 10.5. The quantitative estimate of drug-likeness (QED) is 0.554. The number of aromatic carboxylic acids is 1. The smallest absolute Gasteiger partial charge is 0.337 e. The molecule has 1 heterocycles. The van der Waals surface area contributed by atoms with Crippen molar-refractivity contribution in [1.82, 2.24) is 4.98 Å². The van der Waals surface area contributed by atoms with E-state index >= 15 is 0 Å². The highest BCUT2D eigenvalue weighted by Gasteiger charge is 2.08. The minimum absolute atomic E-state index is 0.220. The van der Waals surface area contributed by atoms with Gasteiger partial charge in [-0.1, -0.05) is 41.4 Å². The van der Waals surface area contributed by atoms with Gasteiger partial charge in [-0.15, -0.1) is 0 Å². The van der Waals surface area contributed by atoms with Crippen molar-refractivity contribution in [3.63, 3.8) is 0 Å².